The number of aryl methyl sites for hydroxylation is 1. The highest BCUT2D eigenvalue weighted by molar-refractivity contribution is 5.43. The topological polar surface area (TPSA) is 62.3 Å². The van der Waals surface area contributed by atoms with Gasteiger partial charge in [-0.2, -0.15) is 5.10 Å². The van der Waals surface area contributed by atoms with E-state index >= 15 is 0 Å². The van der Waals surface area contributed by atoms with Crippen LogP contribution in [0.5, 0.6) is 11.5 Å². The number of methoxy groups -OCH3 is 1. The Kier molecular flexibility index (Phi) is 4.41. The number of nitrogens with two attached hydrogens (primary N) is 1. The fourth-order valence-electron chi connectivity index (χ4n) is 1.86. The van der Waals surface area contributed by atoms with E-state index in [1.807, 2.05) is 31.4 Å². The molecule has 0 saturated heterocycles. The van der Waals surface area contributed by atoms with E-state index < -0.39 is 0 Å². The van der Waals surface area contributed by atoms with Gasteiger partial charge in [0.05, 0.1) is 13.3 Å². The molecule has 2 aromatic rings. The fourth-order valence-corrected chi connectivity index (χ4v) is 1.86. The largest absolute Gasteiger partial charge is 0.493 e. The van der Waals surface area contributed by atoms with E-state index in [0.29, 0.717) is 13.2 Å². The minimum Gasteiger partial charge on any atom is -0.493 e. The molecule has 0 radical (unpaired) electrons. The molecule has 0 atom stereocenters. The van der Waals surface area contributed by atoms with Crippen LogP contribution in [0.3, 0.4) is 0 Å². The van der Waals surface area contributed by atoms with E-state index in [2.05, 4.69) is 5.10 Å². The maximum Gasteiger partial charge on any atom is 0.161 e. The average molecular weight is 261 g/mol. The highest BCUT2D eigenvalue weighted by Crippen LogP contribution is 2.28. The van der Waals surface area contributed by atoms with Gasteiger partial charge in [0.25, 0.3) is 0 Å². The van der Waals surface area contributed by atoms with Crippen molar-refractivity contribution < 1.29 is 9.47 Å². The number of nitrogens with zero attached hydrogens (tertiary/aromatic N) is 2. The quantitative estimate of drug-likeness (QED) is 0.856. The summed E-state index contributed by atoms with van der Waals surface area (Å²) in [5.74, 6) is 1.46. The van der Waals surface area contributed by atoms with Crippen LogP contribution in [0.2, 0.25) is 0 Å². The SMILES string of the molecule is COc1ccc(CCN)cc1OCc1cnn(C)c1. The maximum absolute atomic E-state index is 5.80. The van der Waals surface area contributed by atoms with Gasteiger partial charge in [0, 0.05) is 18.8 Å². The number of ether oxygens (including phenoxy) is 2. The van der Waals surface area contributed by atoms with Crippen LogP contribution in [0.4, 0.5) is 0 Å². The monoisotopic (exact) mass is 261 g/mol. The Labute approximate surface area is 112 Å². The first-order chi connectivity index (χ1) is 9.22. The molecular formula is C14H19N3O2. The van der Waals surface area contributed by atoms with E-state index in [1.54, 1.807) is 18.0 Å². The van der Waals surface area contributed by atoms with Crippen molar-refractivity contribution >= 4 is 0 Å². The lowest BCUT2D eigenvalue weighted by atomic mass is 10.1. The lowest BCUT2D eigenvalue weighted by Crippen LogP contribution is -2.03. The average Bonchev–Trinajstić information content (AvgIpc) is 2.83. The molecule has 0 aliphatic carbocycles. The molecule has 1 aromatic carbocycles. The summed E-state index contributed by atoms with van der Waals surface area (Å²) < 4.78 is 12.8. The van der Waals surface area contributed by atoms with Crippen molar-refractivity contribution in [1.82, 2.24) is 9.78 Å². The predicted molar refractivity (Wildman–Crippen MR) is 73.3 cm³/mol. The van der Waals surface area contributed by atoms with E-state index in [0.717, 1.165) is 29.0 Å². The number of rotatable bonds is 6. The summed E-state index contributed by atoms with van der Waals surface area (Å²) in [5.41, 5.74) is 7.73. The standard InChI is InChI=1S/C14H19N3O2/c1-17-9-12(8-16-17)10-19-14-7-11(5-6-15)3-4-13(14)18-2/h3-4,7-9H,5-6,10,15H2,1-2H3. The molecule has 0 bridgehead atoms. The first-order valence-corrected chi connectivity index (χ1v) is 6.20. The summed E-state index contributed by atoms with van der Waals surface area (Å²) in [4.78, 5) is 0. The summed E-state index contributed by atoms with van der Waals surface area (Å²) in [6.45, 7) is 1.09. The van der Waals surface area contributed by atoms with Crippen LogP contribution in [0.1, 0.15) is 11.1 Å². The van der Waals surface area contributed by atoms with Gasteiger partial charge in [-0.3, -0.25) is 4.68 Å². The smallest absolute Gasteiger partial charge is 0.161 e. The van der Waals surface area contributed by atoms with Crippen LogP contribution >= 0.6 is 0 Å². The Morgan fingerprint density at radius 2 is 2.11 bits per heavy atom. The minimum atomic E-state index is 0.469. The number of aromatic nitrogens is 2. The van der Waals surface area contributed by atoms with Crippen LogP contribution in [-0.2, 0) is 20.1 Å². The third kappa shape index (κ3) is 3.48. The summed E-state index contributed by atoms with van der Waals surface area (Å²) in [6, 6.07) is 5.88. The first-order valence-electron chi connectivity index (χ1n) is 6.20. The van der Waals surface area contributed by atoms with Gasteiger partial charge in [-0.25, -0.2) is 0 Å². The van der Waals surface area contributed by atoms with Crippen LogP contribution in [0.15, 0.2) is 30.6 Å². The van der Waals surface area contributed by atoms with Crippen molar-refractivity contribution in [3.05, 3.63) is 41.7 Å². The zero-order valence-electron chi connectivity index (χ0n) is 11.3. The van der Waals surface area contributed by atoms with E-state index in [9.17, 15) is 0 Å². The van der Waals surface area contributed by atoms with E-state index in [-0.39, 0.29) is 0 Å². The molecule has 5 heteroatoms. The summed E-state index contributed by atoms with van der Waals surface area (Å²) in [5, 5.41) is 4.11. The second kappa shape index (κ2) is 6.24. The van der Waals surface area contributed by atoms with E-state index in [1.165, 1.54) is 0 Å². The molecule has 0 unspecified atom stereocenters. The van der Waals surface area contributed by atoms with Crippen LogP contribution in [0.25, 0.3) is 0 Å². The Hall–Kier alpha value is -2.01. The highest BCUT2D eigenvalue weighted by Gasteiger charge is 2.06. The lowest BCUT2D eigenvalue weighted by Gasteiger charge is -2.11. The number of hydrogen-bond donors (Lipinski definition) is 1. The Bertz CT molecular complexity index is 537. The van der Waals surface area contributed by atoms with Crippen molar-refractivity contribution in [2.75, 3.05) is 13.7 Å². The predicted octanol–water partition coefficient (Wildman–Crippen LogP) is 1.51. The van der Waals surface area contributed by atoms with Gasteiger partial charge in [0.15, 0.2) is 11.5 Å². The molecule has 0 saturated carbocycles. The molecule has 102 valence electrons. The van der Waals surface area contributed by atoms with Crippen LogP contribution in [-0.4, -0.2) is 23.4 Å². The van der Waals surface area contributed by atoms with Crippen molar-refractivity contribution in [3.63, 3.8) is 0 Å². The van der Waals surface area contributed by atoms with E-state index in [4.69, 9.17) is 15.2 Å². The zero-order chi connectivity index (χ0) is 13.7. The summed E-state index contributed by atoms with van der Waals surface area (Å²) >= 11 is 0. The molecule has 0 fully saturated rings. The van der Waals surface area contributed by atoms with Crippen LogP contribution < -0.4 is 15.2 Å². The van der Waals surface area contributed by atoms with Gasteiger partial charge in [0.2, 0.25) is 0 Å². The third-order valence-corrected chi connectivity index (χ3v) is 2.81. The zero-order valence-corrected chi connectivity index (χ0v) is 11.3. The Morgan fingerprint density at radius 3 is 2.74 bits per heavy atom. The molecule has 2 N–H and O–H groups in total. The van der Waals surface area contributed by atoms with Crippen molar-refractivity contribution in [1.29, 1.82) is 0 Å². The highest BCUT2D eigenvalue weighted by atomic mass is 16.5. The van der Waals surface area contributed by atoms with Crippen molar-refractivity contribution in [3.8, 4) is 11.5 Å². The van der Waals surface area contributed by atoms with Crippen molar-refractivity contribution in [2.24, 2.45) is 12.8 Å². The molecule has 0 aliphatic heterocycles. The minimum absolute atomic E-state index is 0.469. The Morgan fingerprint density at radius 1 is 1.26 bits per heavy atom. The van der Waals surface area contributed by atoms with Gasteiger partial charge < -0.3 is 15.2 Å². The third-order valence-electron chi connectivity index (χ3n) is 2.81. The van der Waals surface area contributed by atoms with Crippen LogP contribution in [0, 0.1) is 0 Å². The van der Waals surface area contributed by atoms with Gasteiger partial charge in [-0.05, 0) is 30.7 Å². The molecule has 0 aliphatic rings. The molecule has 2 rings (SSSR count). The second-order valence-electron chi connectivity index (χ2n) is 4.33. The lowest BCUT2D eigenvalue weighted by molar-refractivity contribution is 0.284. The molecule has 19 heavy (non-hydrogen) atoms. The Balaban J connectivity index is 2.10. The fraction of sp³-hybridized carbons (Fsp3) is 0.357. The van der Waals surface area contributed by atoms with Gasteiger partial charge in [-0.1, -0.05) is 6.07 Å². The molecule has 5 nitrogen and oxygen atoms in total. The van der Waals surface area contributed by atoms with Gasteiger partial charge in [0.1, 0.15) is 6.61 Å². The van der Waals surface area contributed by atoms with Gasteiger partial charge >= 0.3 is 0 Å². The first kappa shape index (κ1) is 13.4. The maximum atomic E-state index is 5.80. The molecule has 0 spiro atoms. The van der Waals surface area contributed by atoms with Gasteiger partial charge in [-0.15, -0.1) is 0 Å². The normalized spacial score (nSPS) is 10.5. The number of benzene rings is 1. The second-order valence-corrected chi connectivity index (χ2v) is 4.33. The summed E-state index contributed by atoms with van der Waals surface area (Å²) in [7, 11) is 3.51. The molecular weight excluding hydrogens is 242 g/mol. The molecule has 0 amide bonds. The molecule has 1 heterocycles. The summed E-state index contributed by atoms with van der Waals surface area (Å²) in [6.07, 6.45) is 4.54. The number of hydrogen-bond acceptors (Lipinski definition) is 4. The molecule has 1 aromatic heterocycles. The van der Waals surface area contributed by atoms with Crippen molar-refractivity contribution in [2.45, 2.75) is 13.0 Å².